The molecule has 0 aromatic carbocycles. The van der Waals surface area contributed by atoms with Gasteiger partial charge in [0.15, 0.2) is 6.10 Å². The fourth-order valence-electron chi connectivity index (χ4n) is 8.78. The summed E-state index contributed by atoms with van der Waals surface area (Å²) in [5.74, 6) is -0.935. The van der Waals surface area contributed by atoms with Gasteiger partial charge in [0, 0.05) is 19.3 Å². The Bertz CT molecular complexity index is 1340. The lowest BCUT2D eigenvalue weighted by Crippen LogP contribution is -2.30. The van der Waals surface area contributed by atoms with Crippen LogP contribution in [0.1, 0.15) is 310 Å². The Balaban J connectivity index is 4.24. The fraction of sp³-hybridized carbons (Fsp3) is 0.773. The van der Waals surface area contributed by atoms with E-state index >= 15 is 0 Å². The lowest BCUT2D eigenvalue weighted by atomic mass is 10.0. The number of esters is 3. The van der Waals surface area contributed by atoms with E-state index in [9.17, 15) is 14.4 Å². The summed E-state index contributed by atoms with van der Waals surface area (Å²) < 4.78 is 16.8. The molecular weight excluding hydrogens is 889 g/mol. The largest absolute Gasteiger partial charge is 0.462 e. The van der Waals surface area contributed by atoms with Crippen LogP contribution in [0.15, 0.2) is 72.9 Å². The average Bonchev–Trinajstić information content (AvgIpc) is 3.38. The quantitative estimate of drug-likeness (QED) is 0.0261. The molecule has 0 bridgehead atoms. The van der Waals surface area contributed by atoms with E-state index in [0.29, 0.717) is 19.3 Å². The molecule has 0 aliphatic carbocycles. The van der Waals surface area contributed by atoms with Crippen molar-refractivity contribution in [3.05, 3.63) is 72.9 Å². The number of hydrogen-bond acceptors (Lipinski definition) is 6. The van der Waals surface area contributed by atoms with Gasteiger partial charge >= 0.3 is 17.9 Å². The molecule has 416 valence electrons. The molecule has 0 aromatic heterocycles. The molecule has 0 saturated heterocycles. The summed E-state index contributed by atoms with van der Waals surface area (Å²) in [6, 6.07) is 0. The zero-order valence-corrected chi connectivity index (χ0v) is 47.7. The molecule has 0 fully saturated rings. The smallest absolute Gasteiger partial charge is 0.306 e. The van der Waals surface area contributed by atoms with Gasteiger partial charge in [-0.3, -0.25) is 14.4 Å². The molecular formula is C66H116O6. The number of carbonyl (C=O) groups excluding carboxylic acids is 3. The van der Waals surface area contributed by atoms with Gasteiger partial charge in [-0.1, -0.05) is 254 Å². The maximum absolute atomic E-state index is 12.8. The molecule has 0 radical (unpaired) electrons. The van der Waals surface area contributed by atoms with E-state index in [-0.39, 0.29) is 37.5 Å². The van der Waals surface area contributed by atoms with Crippen LogP contribution in [0.5, 0.6) is 0 Å². The van der Waals surface area contributed by atoms with Crippen molar-refractivity contribution in [2.24, 2.45) is 0 Å². The summed E-state index contributed by atoms with van der Waals surface area (Å²) in [4.78, 5) is 38.1. The maximum atomic E-state index is 12.8. The molecule has 0 aliphatic heterocycles. The Hall–Kier alpha value is -3.15. The van der Waals surface area contributed by atoms with Gasteiger partial charge in [0.2, 0.25) is 0 Å². The molecule has 0 aromatic rings. The van der Waals surface area contributed by atoms with Crippen molar-refractivity contribution < 1.29 is 28.6 Å². The summed E-state index contributed by atoms with van der Waals surface area (Å²) >= 11 is 0. The number of rotatable bonds is 56. The van der Waals surface area contributed by atoms with Gasteiger partial charge in [-0.15, -0.1) is 0 Å². The predicted molar refractivity (Wildman–Crippen MR) is 311 cm³/mol. The average molecular weight is 1010 g/mol. The molecule has 0 heterocycles. The highest BCUT2D eigenvalue weighted by Gasteiger charge is 2.19. The SMILES string of the molecule is CC/C=C\C/C=C\C/C=C\C/C=C\CCCCC(=O)OC(COC(=O)CCCCCCC/C=C\CCCCC)COC(=O)CCCCCCCCCCCCCCCCC/C=C\CCCCCCCCCC. The molecule has 1 atom stereocenters. The number of carbonyl (C=O) groups is 3. The van der Waals surface area contributed by atoms with E-state index in [1.165, 1.54) is 180 Å². The van der Waals surface area contributed by atoms with Crippen LogP contribution in [0.3, 0.4) is 0 Å². The fourth-order valence-corrected chi connectivity index (χ4v) is 8.78. The molecule has 0 amide bonds. The topological polar surface area (TPSA) is 78.9 Å². The van der Waals surface area contributed by atoms with E-state index < -0.39 is 6.10 Å². The van der Waals surface area contributed by atoms with E-state index in [1.54, 1.807) is 0 Å². The zero-order valence-electron chi connectivity index (χ0n) is 47.7. The number of hydrogen-bond donors (Lipinski definition) is 0. The normalized spacial score (nSPS) is 12.5. The third-order valence-electron chi connectivity index (χ3n) is 13.4. The van der Waals surface area contributed by atoms with Crippen molar-refractivity contribution in [2.75, 3.05) is 13.2 Å². The molecule has 6 nitrogen and oxygen atoms in total. The minimum absolute atomic E-state index is 0.0931. The molecule has 0 spiro atoms. The van der Waals surface area contributed by atoms with Crippen LogP contribution in [0, 0.1) is 0 Å². The number of ether oxygens (including phenoxy) is 3. The Labute approximate surface area is 446 Å². The number of unbranched alkanes of at least 4 members (excludes halogenated alkanes) is 33. The van der Waals surface area contributed by atoms with Crippen LogP contribution in [-0.4, -0.2) is 37.2 Å². The van der Waals surface area contributed by atoms with Crippen LogP contribution in [0.2, 0.25) is 0 Å². The first kappa shape index (κ1) is 68.8. The first-order valence-electron chi connectivity index (χ1n) is 30.9. The zero-order chi connectivity index (χ0) is 52.2. The Kier molecular flexibility index (Phi) is 57.8. The van der Waals surface area contributed by atoms with Crippen LogP contribution in [0.4, 0.5) is 0 Å². The Morgan fingerprint density at radius 3 is 0.917 bits per heavy atom. The molecule has 0 rings (SSSR count). The van der Waals surface area contributed by atoms with E-state index in [2.05, 4.69) is 93.7 Å². The van der Waals surface area contributed by atoms with Gasteiger partial charge in [0.05, 0.1) is 0 Å². The van der Waals surface area contributed by atoms with Gasteiger partial charge in [-0.05, 0) is 109 Å². The summed E-state index contributed by atoms with van der Waals surface area (Å²) in [6.07, 6.45) is 77.8. The van der Waals surface area contributed by atoms with Crippen LogP contribution in [-0.2, 0) is 28.6 Å². The van der Waals surface area contributed by atoms with Crippen LogP contribution >= 0.6 is 0 Å². The second kappa shape index (κ2) is 60.4. The monoisotopic (exact) mass is 1000 g/mol. The van der Waals surface area contributed by atoms with Gasteiger partial charge in [0.1, 0.15) is 13.2 Å². The van der Waals surface area contributed by atoms with Gasteiger partial charge in [0.25, 0.3) is 0 Å². The summed E-state index contributed by atoms with van der Waals surface area (Å²) in [6.45, 7) is 6.48. The maximum Gasteiger partial charge on any atom is 0.306 e. The summed E-state index contributed by atoms with van der Waals surface area (Å²) in [5.41, 5.74) is 0. The lowest BCUT2D eigenvalue weighted by molar-refractivity contribution is -0.167. The minimum atomic E-state index is -0.800. The second-order valence-electron chi connectivity index (χ2n) is 20.6. The van der Waals surface area contributed by atoms with Crippen LogP contribution in [0.25, 0.3) is 0 Å². The molecule has 0 saturated carbocycles. The summed E-state index contributed by atoms with van der Waals surface area (Å²) in [7, 11) is 0. The van der Waals surface area contributed by atoms with Gasteiger partial charge in [-0.25, -0.2) is 0 Å². The molecule has 1 unspecified atom stereocenters. The molecule has 0 N–H and O–H groups in total. The highest BCUT2D eigenvalue weighted by Crippen LogP contribution is 2.16. The first-order valence-corrected chi connectivity index (χ1v) is 30.9. The lowest BCUT2D eigenvalue weighted by Gasteiger charge is -2.18. The third-order valence-corrected chi connectivity index (χ3v) is 13.4. The van der Waals surface area contributed by atoms with Crippen LogP contribution < -0.4 is 0 Å². The first-order chi connectivity index (χ1) is 35.5. The highest BCUT2D eigenvalue weighted by molar-refractivity contribution is 5.71. The van der Waals surface area contributed by atoms with E-state index in [1.807, 2.05) is 0 Å². The van der Waals surface area contributed by atoms with Crippen molar-refractivity contribution in [3.63, 3.8) is 0 Å². The minimum Gasteiger partial charge on any atom is -0.462 e. The van der Waals surface area contributed by atoms with Crippen molar-refractivity contribution in [3.8, 4) is 0 Å². The van der Waals surface area contributed by atoms with Gasteiger partial charge in [-0.2, -0.15) is 0 Å². The predicted octanol–water partition coefficient (Wildman–Crippen LogP) is 20.9. The molecule has 72 heavy (non-hydrogen) atoms. The molecule has 0 aliphatic rings. The Morgan fingerprint density at radius 2 is 0.542 bits per heavy atom. The summed E-state index contributed by atoms with van der Waals surface area (Å²) in [5, 5.41) is 0. The molecule has 6 heteroatoms. The van der Waals surface area contributed by atoms with E-state index in [0.717, 1.165) is 83.5 Å². The van der Waals surface area contributed by atoms with Crippen molar-refractivity contribution in [1.82, 2.24) is 0 Å². The van der Waals surface area contributed by atoms with Crippen molar-refractivity contribution >= 4 is 17.9 Å². The van der Waals surface area contributed by atoms with Crippen molar-refractivity contribution in [2.45, 2.75) is 316 Å². The third kappa shape index (κ3) is 57.7. The van der Waals surface area contributed by atoms with E-state index in [4.69, 9.17) is 14.2 Å². The highest BCUT2D eigenvalue weighted by atomic mass is 16.6. The number of allylic oxidation sites excluding steroid dienone is 12. The standard InChI is InChI=1S/C66H116O6/c1-4-7-10-13-16-19-22-25-27-28-29-30-31-32-33-34-35-36-37-38-40-41-44-47-50-53-56-59-65(68)71-62-63(61-70-64(67)58-55-52-49-46-43-24-21-18-15-12-9-6-3)72-66(69)60-57-54-51-48-45-42-39-26-23-20-17-14-11-8-5-2/h8,11,17-18,20-21,26,28-29,39,45,48,63H,4-7,9-10,12-16,19,22-25,27,30-38,40-44,46-47,49-62H2,1-3H3/b11-8-,20-17-,21-18-,29-28-,39-26-,48-45-. The second-order valence-corrected chi connectivity index (χ2v) is 20.6. The van der Waals surface area contributed by atoms with Gasteiger partial charge < -0.3 is 14.2 Å². The van der Waals surface area contributed by atoms with Crippen molar-refractivity contribution in [1.29, 1.82) is 0 Å². The Morgan fingerprint density at radius 1 is 0.292 bits per heavy atom.